The van der Waals surface area contributed by atoms with Gasteiger partial charge in [0.25, 0.3) is 0 Å². The standard InChI is InChI=1S/C45H29N3/c1-5-13-30(14-6-1)34-21-24-37-40-27-35(31-15-7-2-8-16-31)22-25-38(40)42-29-36(23-26-39(42)41(37)28-34)45-47-43(32-17-9-3-10-18-32)46-44(48-45)33-19-11-4-12-20-33/h1-29H. The van der Waals surface area contributed by atoms with E-state index in [1.807, 2.05) is 60.7 Å². The number of benzene rings is 8. The van der Waals surface area contributed by atoms with E-state index in [9.17, 15) is 0 Å². The molecule has 0 saturated heterocycles. The molecule has 0 saturated carbocycles. The van der Waals surface area contributed by atoms with Crippen LogP contribution in [0.5, 0.6) is 0 Å². The van der Waals surface area contributed by atoms with E-state index in [0.29, 0.717) is 17.5 Å². The molecule has 1 heterocycles. The smallest absolute Gasteiger partial charge is 0.164 e. The average Bonchev–Trinajstić information content (AvgIpc) is 3.18. The lowest BCUT2D eigenvalue weighted by Gasteiger charge is -2.15. The molecule has 0 N–H and O–H groups in total. The monoisotopic (exact) mass is 611 g/mol. The van der Waals surface area contributed by atoms with E-state index in [4.69, 9.17) is 15.0 Å². The lowest BCUT2D eigenvalue weighted by molar-refractivity contribution is 1.07. The predicted octanol–water partition coefficient (Wildman–Crippen LogP) is 11.7. The molecule has 0 amide bonds. The van der Waals surface area contributed by atoms with Gasteiger partial charge in [-0.1, -0.05) is 158 Å². The van der Waals surface area contributed by atoms with Crippen molar-refractivity contribution in [2.75, 3.05) is 0 Å². The van der Waals surface area contributed by atoms with E-state index in [0.717, 1.165) is 16.7 Å². The summed E-state index contributed by atoms with van der Waals surface area (Å²) in [5.41, 5.74) is 7.67. The maximum absolute atomic E-state index is 5.03. The summed E-state index contributed by atoms with van der Waals surface area (Å²) in [5, 5.41) is 7.25. The van der Waals surface area contributed by atoms with Gasteiger partial charge in [0.15, 0.2) is 17.5 Å². The van der Waals surface area contributed by atoms with Gasteiger partial charge >= 0.3 is 0 Å². The second kappa shape index (κ2) is 11.7. The molecule has 0 aliphatic carbocycles. The number of hydrogen-bond acceptors (Lipinski definition) is 3. The summed E-state index contributed by atoms with van der Waals surface area (Å²) >= 11 is 0. The van der Waals surface area contributed by atoms with E-state index in [1.54, 1.807) is 0 Å². The molecule has 0 radical (unpaired) electrons. The van der Waals surface area contributed by atoms with Gasteiger partial charge in [0.05, 0.1) is 0 Å². The van der Waals surface area contributed by atoms with Crippen LogP contribution in [0.2, 0.25) is 0 Å². The lowest BCUT2D eigenvalue weighted by Crippen LogP contribution is -2.00. The van der Waals surface area contributed by atoms with Crippen molar-refractivity contribution in [2.24, 2.45) is 0 Å². The van der Waals surface area contributed by atoms with E-state index >= 15 is 0 Å². The second-order valence-corrected chi connectivity index (χ2v) is 12.1. The first-order valence-electron chi connectivity index (χ1n) is 16.2. The topological polar surface area (TPSA) is 38.7 Å². The summed E-state index contributed by atoms with van der Waals surface area (Å²) in [5.74, 6) is 1.96. The van der Waals surface area contributed by atoms with Crippen LogP contribution in [0.15, 0.2) is 176 Å². The van der Waals surface area contributed by atoms with Crippen molar-refractivity contribution in [3.63, 3.8) is 0 Å². The minimum Gasteiger partial charge on any atom is -0.208 e. The molecular formula is C45H29N3. The van der Waals surface area contributed by atoms with Crippen LogP contribution in [-0.2, 0) is 0 Å². The largest absolute Gasteiger partial charge is 0.208 e. The molecule has 0 spiro atoms. The molecule has 1 aromatic heterocycles. The normalized spacial score (nSPS) is 11.3. The highest BCUT2D eigenvalue weighted by Gasteiger charge is 2.16. The van der Waals surface area contributed by atoms with Crippen LogP contribution in [0.3, 0.4) is 0 Å². The third kappa shape index (κ3) is 4.99. The van der Waals surface area contributed by atoms with Gasteiger partial charge in [-0.15, -0.1) is 0 Å². The van der Waals surface area contributed by atoms with Gasteiger partial charge in [-0.25, -0.2) is 15.0 Å². The Morgan fingerprint density at radius 1 is 0.208 bits per heavy atom. The SMILES string of the molecule is c1ccc(-c2ccc3c(c2)c2ccc(-c4ccccc4)cc2c2ccc(-c4nc(-c5ccccc5)nc(-c5ccccc5)n4)cc32)cc1. The number of rotatable bonds is 5. The highest BCUT2D eigenvalue weighted by Crippen LogP contribution is 2.40. The minimum absolute atomic E-state index is 0.650. The minimum atomic E-state index is 0.650. The molecule has 0 aliphatic rings. The molecule has 0 unspecified atom stereocenters. The first kappa shape index (κ1) is 27.8. The predicted molar refractivity (Wildman–Crippen MR) is 200 cm³/mol. The quantitative estimate of drug-likeness (QED) is 0.182. The molecule has 3 heteroatoms. The molecule has 9 aromatic rings. The van der Waals surface area contributed by atoms with Gasteiger partial charge in [0.2, 0.25) is 0 Å². The van der Waals surface area contributed by atoms with Crippen LogP contribution in [0.25, 0.3) is 88.7 Å². The van der Waals surface area contributed by atoms with Crippen molar-refractivity contribution in [2.45, 2.75) is 0 Å². The van der Waals surface area contributed by atoms with Gasteiger partial charge in [-0.2, -0.15) is 0 Å². The van der Waals surface area contributed by atoms with E-state index in [2.05, 4.69) is 115 Å². The van der Waals surface area contributed by atoms with Crippen LogP contribution < -0.4 is 0 Å². The summed E-state index contributed by atoms with van der Waals surface area (Å²) in [4.78, 5) is 15.0. The van der Waals surface area contributed by atoms with Gasteiger partial charge in [0.1, 0.15) is 0 Å². The Hall–Kier alpha value is -6.45. The Balaban J connectivity index is 1.31. The number of hydrogen-bond donors (Lipinski definition) is 0. The van der Waals surface area contributed by atoms with Crippen LogP contribution >= 0.6 is 0 Å². The molecule has 0 fully saturated rings. The molecule has 8 aromatic carbocycles. The Bertz CT molecular complexity index is 2450. The molecule has 0 bridgehead atoms. The summed E-state index contributed by atoms with van der Waals surface area (Å²) in [7, 11) is 0. The Kier molecular flexibility index (Phi) is 6.80. The fourth-order valence-electron chi connectivity index (χ4n) is 6.70. The molecule has 48 heavy (non-hydrogen) atoms. The van der Waals surface area contributed by atoms with Crippen molar-refractivity contribution in [3.8, 4) is 56.4 Å². The van der Waals surface area contributed by atoms with Crippen molar-refractivity contribution in [1.29, 1.82) is 0 Å². The molecule has 0 atom stereocenters. The maximum Gasteiger partial charge on any atom is 0.164 e. The van der Waals surface area contributed by atoms with Crippen LogP contribution in [0.4, 0.5) is 0 Å². The van der Waals surface area contributed by atoms with E-state index in [1.165, 1.54) is 54.6 Å². The van der Waals surface area contributed by atoms with E-state index in [-0.39, 0.29) is 0 Å². The van der Waals surface area contributed by atoms with E-state index < -0.39 is 0 Å². The van der Waals surface area contributed by atoms with Crippen molar-refractivity contribution < 1.29 is 0 Å². The Morgan fingerprint density at radius 2 is 0.500 bits per heavy atom. The lowest BCUT2D eigenvalue weighted by atomic mass is 9.89. The number of nitrogens with zero attached hydrogens (tertiary/aromatic N) is 3. The highest BCUT2D eigenvalue weighted by atomic mass is 15.0. The zero-order chi connectivity index (χ0) is 31.9. The van der Waals surface area contributed by atoms with Gasteiger partial charge in [-0.3, -0.25) is 0 Å². The zero-order valence-electron chi connectivity index (χ0n) is 26.1. The summed E-state index contributed by atoms with van der Waals surface area (Å²) in [6.07, 6.45) is 0. The van der Waals surface area contributed by atoms with Crippen molar-refractivity contribution in [3.05, 3.63) is 176 Å². The third-order valence-corrected chi connectivity index (χ3v) is 9.10. The van der Waals surface area contributed by atoms with Crippen LogP contribution in [0.1, 0.15) is 0 Å². The van der Waals surface area contributed by atoms with Crippen molar-refractivity contribution in [1.82, 2.24) is 15.0 Å². The maximum atomic E-state index is 5.03. The summed E-state index contributed by atoms with van der Waals surface area (Å²) in [6, 6.07) is 61.8. The summed E-state index contributed by atoms with van der Waals surface area (Å²) < 4.78 is 0. The zero-order valence-corrected chi connectivity index (χ0v) is 26.1. The first-order valence-corrected chi connectivity index (χ1v) is 16.2. The second-order valence-electron chi connectivity index (χ2n) is 12.1. The fraction of sp³-hybridized carbons (Fsp3) is 0. The van der Waals surface area contributed by atoms with Crippen LogP contribution in [0, 0.1) is 0 Å². The molecule has 224 valence electrons. The fourth-order valence-corrected chi connectivity index (χ4v) is 6.70. The van der Waals surface area contributed by atoms with Gasteiger partial charge in [-0.05, 0) is 72.8 Å². The molecule has 9 rings (SSSR count). The Labute approximate surface area is 278 Å². The first-order chi connectivity index (χ1) is 23.8. The Morgan fingerprint density at radius 3 is 0.875 bits per heavy atom. The van der Waals surface area contributed by atoms with Gasteiger partial charge < -0.3 is 0 Å². The highest BCUT2D eigenvalue weighted by molar-refractivity contribution is 6.26. The molecule has 0 aliphatic heterocycles. The molecule has 3 nitrogen and oxygen atoms in total. The third-order valence-electron chi connectivity index (χ3n) is 9.10. The molecular weight excluding hydrogens is 583 g/mol. The van der Waals surface area contributed by atoms with Crippen LogP contribution in [-0.4, -0.2) is 15.0 Å². The number of aromatic nitrogens is 3. The summed E-state index contributed by atoms with van der Waals surface area (Å²) in [6.45, 7) is 0. The van der Waals surface area contributed by atoms with Gasteiger partial charge in [0, 0.05) is 16.7 Å². The average molecular weight is 612 g/mol. The van der Waals surface area contributed by atoms with Crippen molar-refractivity contribution >= 4 is 32.3 Å². The number of fused-ring (bicyclic) bond motifs is 6.